The standard InChI is InChI=1S/C16H11ClFN3OS/c17-12-4-3-5-13(18)11(12)10-23(22)16-8-7-15(20-21-16)14-6-1-2-9-19-14/h1-9H,10H2. The van der Waals surface area contributed by atoms with Crippen molar-refractivity contribution in [1.29, 1.82) is 0 Å². The molecule has 1 atom stereocenters. The smallest absolute Gasteiger partial charge is 0.263 e. The van der Waals surface area contributed by atoms with Crippen LogP contribution in [0, 0.1) is 5.82 Å². The number of nitrogens with zero attached hydrogens (tertiary/aromatic N) is 3. The van der Waals surface area contributed by atoms with Gasteiger partial charge in [0, 0.05) is 23.4 Å². The van der Waals surface area contributed by atoms with Crippen molar-refractivity contribution in [1.82, 2.24) is 15.2 Å². The van der Waals surface area contributed by atoms with Crippen molar-refractivity contribution >= 4 is 22.8 Å². The van der Waals surface area contributed by atoms with Crippen LogP contribution < -0.4 is 0 Å². The molecule has 0 spiro atoms. The van der Waals surface area contributed by atoms with Crippen molar-refractivity contribution in [2.75, 3.05) is 0 Å². The Hall–Kier alpha value is -2.02. The lowest BCUT2D eigenvalue weighted by molar-refractivity contribution is 0.581. The molecule has 0 bridgehead atoms. The summed E-state index contributed by atoms with van der Waals surface area (Å²) in [5, 5.41) is 8.49. The van der Waals surface area contributed by atoms with Gasteiger partial charge in [-0.25, -0.2) is 4.39 Å². The Balaban J connectivity index is 1.79. The van der Waals surface area contributed by atoms with Crippen LogP contribution in [0.1, 0.15) is 5.56 Å². The fraction of sp³-hybridized carbons (Fsp3) is 0.0625. The van der Waals surface area contributed by atoms with Crippen LogP contribution in [0.15, 0.2) is 59.8 Å². The second-order valence-electron chi connectivity index (χ2n) is 4.66. The average Bonchev–Trinajstić information content (AvgIpc) is 2.59. The molecule has 3 rings (SSSR count). The van der Waals surface area contributed by atoms with Crippen molar-refractivity contribution in [2.24, 2.45) is 0 Å². The second-order valence-corrected chi connectivity index (χ2v) is 6.47. The third kappa shape index (κ3) is 3.67. The molecule has 0 aliphatic carbocycles. The van der Waals surface area contributed by atoms with E-state index >= 15 is 0 Å². The number of pyridine rings is 1. The van der Waals surface area contributed by atoms with Gasteiger partial charge in [-0.3, -0.25) is 4.98 Å². The van der Waals surface area contributed by atoms with E-state index in [2.05, 4.69) is 15.2 Å². The Morgan fingerprint density at radius 3 is 2.52 bits per heavy atom. The highest BCUT2D eigenvalue weighted by Crippen LogP contribution is 2.24. The maximum absolute atomic E-state index is 13.7. The minimum Gasteiger partial charge on any atom is -0.610 e. The first-order chi connectivity index (χ1) is 11.1. The zero-order valence-electron chi connectivity index (χ0n) is 11.8. The normalized spacial score (nSPS) is 12.1. The fourth-order valence-electron chi connectivity index (χ4n) is 1.97. The summed E-state index contributed by atoms with van der Waals surface area (Å²) < 4.78 is 26.1. The molecule has 0 N–H and O–H groups in total. The Bertz CT molecular complexity index is 782. The molecule has 0 fully saturated rings. The molecule has 7 heteroatoms. The van der Waals surface area contributed by atoms with Gasteiger partial charge in [-0.15, -0.1) is 5.10 Å². The largest absolute Gasteiger partial charge is 0.610 e. The van der Waals surface area contributed by atoms with Gasteiger partial charge in [0.2, 0.25) is 0 Å². The predicted octanol–water partition coefficient (Wildman–Crippen LogP) is 3.64. The molecular formula is C16H11ClFN3OS. The van der Waals surface area contributed by atoms with Gasteiger partial charge in [-0.1, -0.05) is 28.8 Å². The Kier molecular flexibility index (Phi) is 4.85. The number of hydrogen-bond donors (Lipinski definition) is 0. The van der Waals surface area contributed by atoms with Crippen LogP contribution in [0.2, 0.25) is 5.02 Å². The molecule has 0 radical (unpaired) electrons. The molecule has 0 aliphatic heterocycles. The van der Waals surface area contributed by atoms with E-state index in [1.165, 1.54) is 12.1 Å². The highest BCUT2D eigenvalue weighted by Gasteiger charge is 2.19. The topological polar surface area (TPSA) is 61.7 Å². The van der Waals surface area contributed by atoms with E-state index in [0.29, 0.717) is 11.4 Å². The number of hydrogen-bond acceptors (Lipinski definition) is 4. The first kappa shape index (κ1) is 15.9. The lowest BCUT2D eigenvalue weighted by Gasteiger charge is -2.11. The quantitative estimate of drug-likeness (QED) is 0.676. The van der Waals surface area contributed by atoms with Crippen molar-refractivity contribution in [3.05, 3.63) is 71.1 Å². The van der Waals surface area contributed by atoms with Crippen LogP contribution in [0.25, 0.3) is 11.4 Å². The lowest BCUT2D eigenvalue weighted by atomic mass is 10.2. The summed E-state index contributed by atoms with van der Waals surface area (Å²) >= 11 is 4.41. The highest BCUT2D eigenvalue weighted by molar-refractivity contribution is 7.90. The van der Waals surface area contributed by atoms with Gasteiger partial charge in [0.1, 0.15) is 17.3 Å². The Labute approximate surface area is 140 Å². The third-order valence-electron chi connectivity index (χ3n) is 3.14. The van der Waals surface area contributed by atoms with Crippen LogP contribution in [-0.2, 0) is 16.9 Å². The van der Waals surface area contributed by atoms with Crippen LogP contribution in [0.4, 0.5) is 4.39 Å². The van der Waals surface area contributed by atoms with E-state index in [1.807, 2.05) is 6.07 Å². The summed E-state index contributed by atoms with van der Waals surface area (Å²) in [6.07, 6.45) is 1.66. The van der Waals surface area contributed by atoms with Crippen LogP contribution >= 0.6 is 11.6 Å². The number of rotatable bonds is 4. The summed E-state index contributed by atoms with van der Waals surface area (Å²) in [6, 6.07) is 13.1. The van der Waals surface area contributed by atoms with E-state index in [9.17, 15) is 8.94 Å². The summed E-state index contributed by atoms with van der Waals surface area (Å²) in [4.78, 5) is 4.17. The molecule has 2 aromatic heterocycles. The maximum Gasteiger partial charge on any atom is 0.263 e. The van der Waals surface area contributed by atoms with Gasteiger partial charge in [0.25, 0.3) is 5.03 Å². The van der Waals surface area contributed by atoms with Crippen molar-refractivity contribution in [2.45, 2.75) is 10.8 Å². The first-order valence-corrected chi connectivity index (χ1v) is 8.41. The average molecular weight is 348 g/mol. The Morgan fingerprint density at radius 1 is 1.00 bits per heavy atom. The first-order valence-electron chi connectivity index (χ1n) is 6.71. The van der Waals surface area contributed by atoms with Crippen LogP contribution in [-0.4, -0.2) is 19.7 Å². The molecule has 1 aromatic carbocycles. The summed E-state index contributed by atoms with van der Waals surface area (Å²) in [6.45, 7) is 0. The second kappa shape index (κ2) is 7.04. The maximum atomic E-state index is 13.7. The van der Waals surface area contributed by atoms with E-state index < -0.39 is 17.0 Å². The zero-order valence-corrected chi connectivity index (χ0v) is 13.4. The number of halogens is 2. The predicted molar refractivity (Wildman–Crippen MR) is 86.8 cm³/mol. The van der Waals surface area contributed by atoms with E-state index in [-0.39, 0.29) is 21.4 Å². The van der Waals surface area contributed by atoms with Crippen molar-refractivity contribution < 1.29 is 8.94 Å². The minimum atomic E-state index is -1.54. The number of aromatic nitrogens is 3. The van der Waals surface area contributed by atoms with Crippen molar-refractivity contribution in [3.63, 3.8) is 0 Å². The molecule has 1 unspecified atom stereocenters. The van der Waals surface area contributed by atoms with Gasteiger partial charge in [-0.2, -0.15) is 0 Å². The molecule has 0 aliphatic rings. The Morgan fingerprint density at radius 2 is 1.87 bits per heavy atom. The zero-order chi connectivity index (χ0) is 16.2. The molecule has 23 heavy (non-hydrogen) atoms. The van der Waals surface area contributed by atoms with Crippen LogP contribution in [0.3, 0.4) is 0 Å². The van der Waals surface area contributed by atoms with Gasteiger partial charge in [-0.05, 0) is 30.3 Å². The summed E-state index contributed by atoms with van der Waals surface area (Å²) in [7, 11) is 0. The molecule has 116 valence electrons. The monoisotopic (exact) mass is 347 g/mol. The van der Waals surface area contributed by atoms with E-state index in [0.717, 1.165) is 0 Å². The van der Waals surface area contributed by atoms with E-state index in [4.69, 9.17) is 11.6 Å². The fourth-order valence-corrected chi connectivity index (χ4v) is 3.33. The molecule has 0 saturated heterocycles. The van der Waals surface area contributed by atoms with E-state index in [1.54, 1.807) is 36.5 Å². The molecule has 3 aromatic rings. The van der Waals surface area contributed by atoms with Gasteiger partial charge >= 0.3 is 0 Å². The van der Waals surface area contributed by atoms with Crippen LogP contribution in [0.5, 0.6) is 0 Å². The summed E-state index contributed by atoms with van der Waals surface area (Å²) in [5.74, 6) is -0.535. The van der Waals surface area contributed by atoms with Crippen molar-refractivity contribution in [3.8, 4) is 11.4 Å². The molecular weight excluding hydrogens is 337 g/mol. The summed E-state index contributed by atoms with van der Waals surface area (Å²) in [5.41, 5.74) is 1.47. The minimum absolute atomic E-state index is 0.0525. The van der Waals surface area contributed by atoms with Gasteiger partial charge in [0.15, 0.2) is 0 Å². The molecule has 0 amide bonds. The number of benzene rings is 1. The SMILES string of the molecule is [O-][S+](Cc1c(F)cccc1Cl)c1ccc(-c2ccccn2)nn1. The highest BCUT2D eigenvalue weighted by atomic mass is 35.5. The third-order valence-corrected chi connectivity index (χ3v) is 4.73. The molecule has 4 nitrogen and oxygen atoms in total. The molecule has 2 heterocycles. The lowest BCUT2D eigenvalue weighted by Crippen LogP contribution is -2.10. The molecule has 0 saturated carbocycles. The van der Waals surface area contributed by atoms with Gasteiger partial charge in [0.05, 0.1) is 16.3 Å². The van der Waals surface area contributed by atoms with Gasteiger partial charge < -0.3 is 4.55 Å².